The number of nitrogens with zero attached hydrogens (tertiary/aromatic N) is 2. The van der Waals surface area contributed by atoms with Gasteiger partial charge in [0.25, 0.3) is 0 Å². The molecule has 0 aromatic heterocycles. The van der Waals surface area contributed by atoms with Gasteiger partial charge in [0.15, 0.2) is 0 Å². The Morgan fingerprint density at radius 3 is 2.43 bits per heavy atom. The van der Waals surface area contributed by atoms with E-state index in [-0.39, 0.29) is 18.0 Å². The second-order valence-electron chi connectivity index (χ2n) is 7.94. The summed E-state index contributed by atoms with van der Waals surface area (Å²) in [4.78, 5) is 2.74. The minimum absolute atomic E-state index is 0.0421. The van der Waals surface area contributed by atoms with E-state index in [1.54, 1.807) is 12.1 Å². The Bertz CT molecular complexity index is 964. The number of benzene rings is 2. The number of hydrogen-bond acceptors (Lipinski definition) is 3. The number of alkyl halides is 1. The summed E-state index contributed by atoms with van der Waals surface area (Å²) in [5.74, 6) is 0. The molecule has 2 aliphatic rings. The summed E-state index contributed by atoms with van der Waals surface area (Å²) in [5.41, 5.74) is 4.31. The topological polar surface area (TPSA) is 40.6 Å². The molecule has 0 bridgehead atoms. The van der Waals surface area contributed by atoms with Crippen LogP contribution in [-0.4, -0.2) is 50.0 Å². The molecule has 0 spiro atoms. The van der Waals surface area contributed by atoms with E-state index in [0.29, 0.717) is 6.04 Å². The largest absolute Gasteiger partial charge is 0.297 e. The molecule has 0 N–H and O–H groups in total. The first-order chi connectivity index (χ1) is 13.4. The average Bonchev–Trinajstić information content (AvgIpc) is 3.19. The van der Waals surface area contributed by atoms with Crippen molar-refractivity contribution in [2.24, 2.45) is 0 Å². The zero-order valence-electron chi connectivity index (χ0n) is 16.4. The van der Waals surface area contributed by atoms with Crippen LogP contribution in [0.3, 0.4) is 0 Å². The normalized spacial score (nSPS) is 20.2. The molecule has 150 valence electrons. The lowest BCUT2D eigenvalue weighted by Gasteiger charge is -2.33. The number of rotatable bonds is 5. The molecule has 2 aromatic rings. The fraction of sp³-hybridized carbons (Fsp3) is 0.455. The average molecular weight is 403 g/mol. The van der Waals surface area contributed by atoms with Crippen molar-refractivity contribution in [2.75, 3.05) is 26.2 Å². The number of sulfonamides is 1. The SMILES string of the molecule is Cc1cc(S(=O)(=O)N2CC(F)C2)ccc1-c1cccc(C(C)N2CCCC2)c1. The third-order valence-corrected chi connectivity index (χ3v) is 7.84. The van der Waals surface area contributed by atoms with E-state index in [1.807, 2.05) is 13.0 Å². The van der Waals surface area contributed by atoms with Gasteiger partial charge in [0.05, 0.1) is 4.90 Å². The first kappa shape index (κ1) is 19.6. The Morgan fingerprint density at radius 1 is 1.07 bits per heavy atom. The highest BCUT2D eigenvalue weighted by Crippen LogP contribution is 2.32. The minimum atomic E-state index is -3.60. The Labute approximate surface area is 167 Å². The second kappa shape index (κ2) is 7.58. The van der Waals surface area contributed by atoms with E-state index < -0.39 is 16.2 Å². The Hall–Kier alpha value is -1.76. The van der Waals surface area contributed by atoms with Gasteiger partial charge in [-0.2, -0.15) is 4.31 Å². The molecule has 2 saturated heterocycles. The highest BCUT2D eigenvalue weighted by molar-refractivity contribution is 7.89. The van der Waals surface area contributed by atoms with Gasteiger partial charge in [-0.05, 0) is 80.2 Å². The molecule has 4 rings (SSSR count). The van der Waals surface area contributed by atoms with Gasteiger partial charge >= 0.3 is 0 Å². The van der Waals surface area contributed by atoms with E-state index in [2.05, 4.69) is 36.1 Å². The van der Waals surface area contributed by atoms with E-state index in [9.17, 15) is 12.8 Å². The lowest BCUT2D eigenvalue weighted by molar-refractivity contribution is 0.141. The van der Waals surface area contributed by atoms with Crippen molar-refractivity contribution >= 4 is 10.0 Å². The summed E-state index contributed by atoms with van der Waals surface area (Å²) in [5, 5.41) is 0. The summed E-state index contributed by atoms with van der Waals surface area (Å²) in [6, 6.07) is 14.1. The molecule has 28 heavy (non-hydrogen) atoms. The quantitative estimate of drug-likeness (QED) is 0.754. The van der Waals surface area contributed by atoms with Crippen molar-refractivity contribution in [3.05, 3.63) is 53.6 Å². The van der Waals surface area contributed by atoms with E-state index in [0.717, 1.165) is 29.8 Å². The number of halogens is 1. The molecule has 2 aromatic carbocycles. The summed E-state index contributed by atoms with van der Waals surface area (Å²) >= 11 is 0. The Kier molecular flexibility index (Phi) is 5.29. The molecule has 4 nitrogen and oxygen atoms in total. The summed E-state index contributed by atoms with van der Waals surface area (Å²) in [7, 11) is -3.60. The molecule has 6 heteroatoms. The molecule has 0 saturated carbocycles. The monoisotopic (exact) mass is 402 g/mol. The molecule has 2 fully saturated rings. The van der Waals surface area contributed by atoms with Gasteiger partial charge in [0, 0.05) is 19.1 Å². The van der Waals surface area contributed by atoms with Gasteiger partial charge in [0.1, 0.15) is 6.17 Å². The van der Waals surface area contributed by atoms with E-state index in [1.165, 1.54) is 22.7 Å². The van der Waals surface area contributed by atoms with Crippen molar-refractivity contribution in [1.82, 2.24) is 9.21 Å². The van der Waals surface area contributed by atoms with Crippen molar-refractivity contribution in [2.45, 2.75) is 43.8 Å². The van der Waals surface area contributed by atoms with Crippen LogP contribution in [0.25, 0.3) is 11.1 Å². The standard InChI is InChI=1S/C22H27FN2O2S/c1-16-12-21(28(26,27)25-14-20(23)15-25)8-9-22(16)19-7-5-6-18(13-19)17(2)24-10-3-4-11-24/h5-9,12-13,17,20H,3-4,10-11,14-15H2,1-2H3. The molecule has 0 radical (unpaired) electrons. The predicted molar refractivity (Wildman–Crippen MR) is 109 cm³/mol. The zero-order valence-corrected chi connectivity index (χ0v) is 17.3. The third kappa shape index (κ3) is 3.61. The van der Waals surface area contributed by atoms with Crippen LogP contribution < -0.4 is 0 Å². The third-order valence-electron chi connectivity index (χ3n) is 6.01. The first-order valence-corrected chi connectivity index (χ1v) is 11.4. The number of aryl methyl sites for hydroxylation is 1. The Morgan fingerprint density at radius 2 is 1.79 bits per heavy atom. The van der Waals surface area contributed by atoms with Crippen molar-refractivity contribution in [3.63, 3.8) is 0 Å². The smallest absolute Gasteiger partial charge is 0.243 e. The van der Waals surface area contributed by atoms with Crippen molar-refractivity contribution < 1.29 is 12.8 Å². The second-order valence-corrected chi connectivity index (χ2v) is 9.88. The van der Waals surface area contributed by atoms with Crippen LogP contribution in [0.2, 0.25) is 0 Å². The van der Waals surface area contributed by atoms with E-state index in [4.69, 9.17) is 0 Å². The summed E-state index contributed by atoms with van der Waals surface area (Å²) in [6.45, 7) is 6.39. The van der Waals surface area contributed by atoms with Gasteiger partial charge in [0.2, 0.25) is 10.0 Å². The lowest BCUT2D eigenvalue weighted by atomic mass is 9.97. The molecule has 1 unspecified atom stereocenters. The fourth-order valence-electron chi connectivity index (χ4n) is 4.16. The van der Waals surface area contributed by atoms with Crippen LogP contribution in [0.15, 0.2) is 47.4 Å². The fourth-order valence-corrected chi connectivity index (χ4v) is 5.74. The maximum absolute atomic E-state index is 13.1. The van der Waals surface area contributed by atoms with Gasteiger partial charge < -0.3 is 0 Å². The molecular formula is C22H27FN2O2S. The van der Waals surface area contributed by atoms with Gasteiger partial charge in [-0.25, -0.2) is 12.8 Å². The maximum atomic E-state index is 13.1. The van der Waals surface area contributed by atoms with Crippen LogP contribution in [0, 0.1) is 6.92 Å². The van der Waals surface area contributed by atoms with Gasteiger partial charge in [-0.15, -0.1) is 0 Å². The molecule has 0 aliphatic carbocycles. The van der Waals surface area contributed by atoms with Crippen LogP contribution in [0.5, 0.6) is 0 Å². The predicted octanol–water partition coefficient (Wildman–Crippen LogP) is 4.16. The molecule has 2 aliphatic heterocycles. The zero-order chi connectivity index (χ0) is 19.9. The van der Waals surface area contributed by atoms with Crippen LogP contribution in [0.1, 0.15) is 36.9 Å². The van der Waals surface area contributed by atoms with Crippen LogP contribution in [-0.2, 0) is 10.0 Å². The molecule has 1 atom stereocenters. The van der Waals surface area contributed by atoms with Gasteiger partial charge in [-0.1, -0.05) is 24.3 Å². The minimum Gasteiger partial charge on any atom is -0.297 e. The highest BCUT2D eigenvalue weighted by Gasteiger charge is 2.36. The number of hydrogen-bond donors (Lipinski definition) is 0. The van der Waals surface area contributed by atoms with Gasteiger partial charge in [-0.3, -0.25) is 4.90 Å². The first-order valence-electron chi connectivity index (χ1n) is 9.95. The Balaban J connectivity index is 1.60. The highest BCUT2D eigenvalue weighted by atomic mass is 32.2. The molecule has 0 amide bonds. The van der Waals surface area contributed by atoms with Crippen LogP contribution in [0.4, 0.5) is 4.39 Å². The van der Waals surface area contributed by atoms with E-state index >= 15 is 0 Å². The summed E-state index contributed by atoms with van der Waals surface area (Å²) < 4.78 is 39.5. The van der Waals surface area contributed by atoms with Crippen molar-refractivity contribution in [3.8, 4) is 11.1 Å². The van der Waals surface area contributed by atoms with Crippen molar-refractivity contribution in [1.29, 1.82) is 0 Å². The summed E-state index contributed by atoms with van der Waals surface area (Å²) in [6.07, 6.45) is 1.48. The van der Waals surface area contributed by atoms with Crippen LogP contribution >= 0.6 is 0 Å². The molecule has 2 heterocycles. The number of likely N-dealkylation sites (tertiary alicyclic amines) is 1. The maximum Gasteiger partial charge on any atom is 0.243 e. The molecular weight excluding hydrogens is 375 g/mol. The lowest BCUT2D eigenvalue weighted by Crippen LogP contribution is -2.51.